The first kappa shape index (κ1) is 14.9. The van der Waals surface area contributed by atoms with E-state index in [1.165, 1.54) is 42.5 Å². The Hall–Kier alpha value is -1.03. The van der Waals surface area contributed by atoms with E-state index in [2.05, 4.69) is 40.0 Å². The van der Waals surface area contributed by atoms with Crippen LogP contribution >= 0.6 is 11.6 Å². The predicted molar refractivity (Wildman–Crippen MR) is 90.3 cm³/mol. The van der Waals surface area contributed by atoms with Crippen molar-refractivity contribution < 1.29 is 0 Å². The third-order valence-electron chi connectivity index (χ3n) is 4.40. The molecule has 1 aromatic heterocycles. The Kier molecular flexibility index (Phi) is 4.84. The summed E-state index contributed by atoms with van der Waals surface area (Å²) in [5, 5.41) is 5.59. The van der Waals surface area contributed by atoms with Crippen molar-refractivity contribution in [3.8, 4) is 0 Å². The van der Waals surface area contributed by atoms with Gasteiger partial charge in [0, 0.05) is 54.8 Å². The molecule has 0 unspecified atom stereocenters. The number of hydrogen-bond acceptors (Lipinski definition) is 2. The van der Waals surface area contributed by atoms with Crippen LogP contribution in [0.3, 0.4) is 0 Å². The molecule has 1 aliphatic heterocycles. The van der Waals surface area contributed by atoms with Gasteiger partial charge in [0.1, 0.15) is 0 Å². The van der Waals surface area contributed by atoms with Gasteiger partial charge in [0.05, 0.1) is 0 Å². The number of hydrogen-bond donors (Lipinski definition) is 1. The Morgan fingerprint density at radius 2 is 2.05 bits per heavy atom. The third kappa shape index (κ3) is 3.42. The molecule has 0 amide bonds. The molecule has 114 valence electrons. The first-order valence-corrected chi connectivity index (χ1v) is 8.36. The molecule has 0 aliphatic carbocycles. The number of nitrogens with zero attached hydrogens (tertiary/aromatic N) is 2. The highest BCUT2D eigenvalue weighted by Crippen LogP contribution is 2.25. The van der Waals surface area contributed by atoms with Gasteiger partial charge in [-0.15, -0.1) is 0 Å². The van der Waals surface area contributed by atoms with E-state index in [-0.39, 0.29) is 0 Å². The Balaban J connectivity index is 1.68. The maximum absolute atomic E-state index is 6.14. The summed E-state index contributed by atoms with van der Waals surface area (Å²) in [7, 11) is 0. The second kappa shape index (κ2) is 6.82. The average molecular weight is 306 g/mol. The summed E-state index contributed by atoms with van der Waals surface area (Å²) < 4.78 is 2.31. The molecule has 0 saturated carbocycles. The summed E-state index contributed by atoms with van der Waals surface area (Å²) in [6.07, 6.45) is 4.68. The van der Waals surface area contributed by atoms with Crippen LogP contribution in [0.15, 0.2) is 24.4 Å². The summed E-state index contributed by atoms with van der Waals surface area (Å²) in [4.78, 5) is 2.56. The molecule has 3 nitrogen and oxygen atoms in total. The van der Waals surface area contributed by atoms with Gasteiger partial charge in [-0.05, 0) is 44.0 Å². The van der Waals surface area contributed by atoms with Crippen molar-refractivity contribution in [1.82, 2.24) is 14.8 Å². The van der Waals surface area contributed by atoms with E-state index in [1.807, 2.05) is 6.07 Å². The summed E-state index contributed by atoms with van der Waals surface area (Å²) in [6.45, 7) is 9.02. The molecule has 0 atom stereocenters. The summed E-state index contributed by atoms with van der Waals surface area (Å²) >= 11 is 6.14. The molecule has 1 fully saturated rings. The largest absolute Gasteiger partial charge is 0.347 e. The summed E-state index contributed by atoms with van der Waals surface area (Å²) in [5.74, 6) is 0. The summed E-state index contributed by atoms with van der Waals surface area (Å²) in [5.41, 5.74) is 2.72. The quantitative estimate of drug-likeness (QED) is 0.916. The van der Waals surface area contributed by atoms with Crippen LogP contribution in [0.2, 0.25) is 5.02 Å². The summed E-state index contributed by atoms with van der Waals surface area (Å²) in [6, 6.07) is 6.26. The van der Waals surface area contributed by atoms with Crippen molar-refractivity contribution in [3.05, 3.63) is 35.0 Å². The van der Waals surface area contributed by atoms with Crippen LogP contribution in [-0.2, 0) is 13.0 Å². The van der Waals surface area contributed by atoms with Gasteiger partial charge < -0.3 is 14.8 Å². The predicted octanol–water partition coefficient (Wildman–Crippen LogP) is 3.15. The molecule has 1 saturated heterocycles. The SMILES string of the molecule is CCn1cc(CCCN2CCNCC2)c2ccc(Cl)cc21. The van der Waals surface area contributed by atoms with Crippen LogP contribution in [-0.4, -0.2) is 42.2 Å². The fraction of sp³-hybridized carbons (Fsp3) is 0.529. The lowest BCUT2D eigenvalue weighted by molar-refractivity contribution is 0.238. The first-order chi connectivity index (χ1) is 10.3. The average Bonchev–Trinajstić information content (AvgIpc) is 2.85. The van der Waals surface area contributed by atoms with Crippen molar-refractivity contribution >= 4 is 22.5 Å². The lowest BCUT2D eigenvalue weighted by atomic mass is 10.1. The molecule has 3 rings (SSSR count). The number of benzene rings is 1. The van der Waals surface area contributed by atoms with Crippen LogP contribution in [0.1, 0.15) is 18.9 Å². The third-order valence-corrected chi connectivity index (χ3v) is 4.63. The fourth-order valence-corrected chi connectivity index (χ4v) is 3.40. The highest BCUT2D eigenvalue weighted by atomic mass is 35.5. The Morgan fingerprint density at radius 3 is 2.81 bits per heavy atom. The van der Waals surface area contributed by atoms with Crippen LogP contribution < -0.4 is 5.32 Å². The van der Waals surface area contributed by atoms with Gasteiger partial charge in [-0.25, -0.2) is 0 Å². The van der Waals surface area contributed by atoms with E-state index >= 15 is 0 Å². The van der Waals surface area contributed by atoms with Gasteiger partial charge in [-0.2, -0.15) is 0 Å². The monoisotopic (exact) mass is 305 g/mol. The second-order valence-corrected chi connectivity index (χ2v) is 6.23. The van der Waals surface area contributed by atoms with E-state index in [0.29, 0.717) is 0 Å². The second-order valence-electron chi connectivity index (χ2n) is 5.80. The molecule has 4 heteroatoms. The van der Waals surface area contributed by atoms with Crippen LogP contribution in [0.25, 0.3) is 10.9 Å². The standard InChI is InChI=1S/C17H24ClN3/c1-2-21-13-14(16-6-5-15(18)12-17(16)21)4-3-9-20-10-7-19-8-11-20/h5-6,12-13,19H,2-4,7-11H2,1H3. The zero-order chi connectivity index (χ0) is 14.7. The molecule has 1 aliphatic rings. The van der Waals surface area contributed by atoms with Crippen molar-refractivity contribution in [2.45, 2.75) is 26.3 Å². The van der Waals surface area contributed by atoms with E-state index < -0.39 is 0 Å². The Bertz CT molecular complexity index is 599. The molecule has 0 spiro atoms. The topological polar surface area (TPSA) is 20.2 Å². The molecule has 2 heterocycles. The number of fused-ring (bicyclic) bond motifs is 1. The van der Waals surface area contributed by atoms with E-state index in [1.54, 1.807) is 0 Å². The number of nitrogens with one attached hydrogen (secondary N) is 1. The minimum absolute atomic E-state index is 0.822. The lowest BCUT2D eigenvalue weighted by Crippen LogP contribution is -2.43. The highest BCUT2D eigenvalue weighted by molar-refractivity contribution is 6.31. The normalized spacial score (nSPS) is 16.7. The van der Waals surface area contributed by atoms with E-state index in [0.717, 1.165) is 31.1 Å². The number of rotatable bonds is 5. The minimum Gasteiger partial charge on any atom is -0.347 e. The van der Waals surface area contributed by atoms with Gasteiger partial charge in [-0.1, -0.05) is 17.7 Å². The maximum Gasteiger partial charge on any atom is 0.0497 e. The van der Waals surface area contributed by atoms with Gasteiger partial charge in [0.2, 0.25) is 0 Å². The van der Waals surface area contributed by atoms with Gasteiger partial charge in [0.15, 0.2) is 0 Å². The molecule has 2 aromatic rings. The zero-order valence-corrected chi connectivity index (χ0v) is 13.5. The molecule has 0 radical (unpaired) electrons. The number of aromatic nitrogens is 1. The van der Waals surface area contributed by atoms with E-state index in [9.17, 15) is 0 Å². The number of halogens is 1. The lowest BCUT2D eigenvalue weighted by Gasteiger charge is -2.26. The highest BCUT2D eigenvalue weighted by Gasteiger charge is 2.11. The van der Waals surface area contributed by atoms with Crippen molar-refractivity contribution in [1.29, 1.82) is 0 Å². The Labute approximate surface area is 131 Å². The fourth-order valence-electron chi connectivity index (χ4n) is 3.23. The van der Waals surface area contributed by atoms with Crippen molar-refractivity contribution in [2.75, 3.05) is 32.7 Å². The van der Waals surface area contributed by atoms with Gasteiger partial charge >= 0.3 is 0 Å². The molecule has 1 N–H and O–H groups in total. The zero-order valence-electron chi connectivity index (χ0n) is 12.7. The molecule has 1 aromatic carbocycles. The van der Waals surface area contributed by atoms with Gasteiger partial charge in [0.25, 0.3) is 0 Å². The van der Waals surface area contributed by atoms with Crippen LogP contribution in [0, 0.1) is 0 Å². The molecule has 21 heavy (non-hydrogen) atoms. The van der Waals surface area contributed by atoms with Crippen molar-refractivity contribution in [3.63, 3.8) is 0 Å². The van der Waals surface area contributed by atoms with Crippen molar-refractivity contribution in [2.24, 2.45) is 0 Å². The minimum atomic E-state index is 0.822. The number of aryl methyl sites for hydroxylation is 2. The maximum atomic E-state index is 6.14. The van der Waals surface area contributed by atoms with Crippen LogP contribution in [0.5, 0.6) is 0 Å². The van der Waals surface area contributed by atoms with E-state index in [4.69, 9.17) is 11.6 Å². The molecular formula is C17H24ClN3. The number of piperazine rings is 1. The molecule has 0 bridgehead atoms. The Morgan fingerprint density at radius 1 is 1.24 bits per heavy atom. The smallest absolute Gasteiger partial charge is 0.0497 e. The van der Waals surface area contributed by atoms with Crippen LogP contribution in [0.4, 0.5) is 0 Å². The van der Waals surface area contributed by atoms with Gasteiger partial charge in [-0.3, -0.25) is 0 Å². The first-order valence-electron chi connectivity index (χ1n) is 7.98. The molecular weight excluding hydrogens is 282 g/mol.